The zero-order chi connectivity index (χ0) is 20.2. The maximum Gasteiger partial charge on any atom is 0.416 e. The van der Waals surface area contributed by atoms with Gasteiger partial charge in [-0.2, -0.15) is 13.2 Å². The molecule has 0 saturated heterocycles. The second-order valence-corrected chi connectivity index (χ2v) is 6.00. The predicted octanol–water partition coefficient (Wildman–Crippen LogP) is 4.52. The normalized spacial score (nSPS) is 12.3. The number of rotatable bonds is 6. The summed E-state index contributed by atoms with van der Waals surface area (Å²) in [6.45, 7) is 1.12. The van der Waals surface area contributed by atoms with Crippen molar-refractivity contribution in [3.63, 3.8) is 0 Å². The molecule has 144 valence electrons. The third-order valence-electron chi connectivity index (χ3n) is 3.59. The van der Waals surface area contributed by atoms with E-state index in [-0.39, 0.29) is 6.04 Å². The van der Waals surface area contributed by atoms with E-state index >= 15 is 0 Å². The lowest BCUT2D eigenvalue weighted by molar-refractivity contribution is -0.386. The number of nitrogens with zero attached hydrogens (tertiary/aromatic N) is 1. The molecule has 0 radical (unpaired) electrons. The molecule has 0 aliphatic carbocycles. The van der Waals surface area contributed by atoms with Crippen molar-refractivity contribution in [2.24, 2.45) is 0 Å². The van der Waals surface area contributed by atoms with Crippen LogP contribution in [-0.2, 0) is 11.0 Å². The van der Waals surface area contributed by atoms with Crippen LogP contribution in [0.4, 0.5) is 18.9 Å². The Hall–Kier alpha value is -2.81. The standard InChI is InChI=1S/C17H14ClF3N2O4/c1-10(11-2-5-13(18)6-3-11)22-16(24)9-27-15-7-4-12(17(19,20)21)8-14(15)23(25)26/h2-8,10H,9H2,1H3,(H,22,24). The SMILES string of the molecule is CC(NC(=O)COc1ccc(C(F)(F)F)cc1[N+](=O)[O-])c1ccc(Cl)cc1. The molecule has 10 heteroatoms. The van der Waals surface area contributed by atoms with Crippen LogP contribution in [0.3, 0.4) is 0 Å². The first-order valence-corrected chi connectivity index (χ1v) is 7.99. The van der Waals surface area contributed by atoms with Crippen molar-refractivity contribution in [2.75, 3.05) is 6.61 Å². The molecule has 2 aromatic rings. The van der Waals surface area contributed by atoms with E-state index in [1.807, 2.05) is 0 Å². The molecule has 1 atom stereocenters. The molecule has 0 spiro atoms. The van der Waals surface area contributed by atoms with Crippen molar-refractivity contribution in [3.8, 4) is 5.75 Å². The predicted molar refractivity (Wildman–Crippen MR) is 91.6 cm³/mol. The highest BCUT2D eigenvalue weighted by Crippen LogP contribution is 2.36. The first kappa shape index (κ1) is 20.5. The number of alkyl halides is 3. The zero-order valence-electron chi connectivity index (χ0n) is 13.9. The Bertz CT molecular complexity index is 841. The largest absolute Gasteiger partial charge is 0.477 e. The third-order valence-corrected chi connectivity index (χ3v) is 3.84. The highest BCUT2D eigenvalue weighted by Gasteiger charge is 2.33. The fourth-order valence-corrected chi connectivity index (χ4v) is 2.35. The summed E-state index contributed by atoms with van der Waals surface area (Å²) in [5.41, 5.74) is -1.28. The van der Waals surface area contributed by atoms with Crippen LogP contribution in [0, 0.1) is 10.1 Å². The molecule has 1 amide bonds. The Morgan fingerprint density at radius 1 is 1.26 bits per heavy atom. The summed E-state index contributed by atoms with van der Waals surface area (Å²) >= 11 is 5.79. The molecule has 0 bridgehead atoms. The lowest BCUT2D eigenvalue weighted by atomic mass is 10.1. The Kier molecular flexibility index (Phi) is 6.27. The van der Waals surface area contributed by atoms with Crippen LogP contribution < -0.4 is 10.1 Å². The Morgan fingerprint density at radius 3 is 2.44 bits per heavy atom. The molecule has 0 fully saturated rings. The third kappa shape index (κ3) is 5.58. The maximum atomic E-state index is 12.7. The van der Waals surface area contributed by atoms with E-state index in [2.05, 4.69) is 5.32 Å². The van der Waals surface area contributed by atoms with Crippen LogP contribution >= 0.6 is 11.6 Å². The van der Waals surface area contributed by atoms with Crippen LogP contribution in [0.5, 0.6) is 5.75 Å². The van der Waals surface area contributed by atoms with Gasteiger partial charge < -0.3 is 10.1 Å². The van der Waals surface area contributed by atoms with Gasteiger partial charge in [-0.25, -0.2) is 0 Å². The van der Waals surface area contributed by atoms with E-state index in [1.54, 1.807) is 31.2 Å². The second-order valence-electron chi connectivity index (χ2n) is 5.57. The number of halogens is 4. The van der Waals surface area contributed by atoms with Gasteiger partial charge in [-0.05, 0) is 36.8 Å². The highest BCUT2D eigenvalue weighted by molar-refractivity contribution is 6.30. The monoisotopic (exact) mass is 402 g/mol. The second kappa shape index (κ2) is 8.26. The Balaban J connectivity index is 2.03. The van der Waals surface area contributed by atoms with Gasteiger partial charge >= 0.3 is 11.9 Å². The molecule has 1 N–H and O–H groups in total. The molecule has 2 aromatic carbocycles. The first-order chi connectivity index (χ1) is 12.6. The first-order valence-electron chi connectivity index (χ1n) is 7.61. The number of benzene rings is 2. The van der Waals surface area contributed by atoms with Gasteiger partial charge in [-0.3, -0.25) is 14.9 Å². The van der Waals surface area contributed by atoms with Crippen molar-refractivity contribution < 1.29 is 27.6 Å². The van der Waals surface area contributed by atoms with Crippen molar-refractivity contribution in [2.45, 2.75) is 19.1 Å². The van der Waals surface area contributed by atoms with E-state index in [9.17, 15) is 28.1 Å². The molecule has 1 unspecified atom stereocenters. The quantitative estimate of drug-likeness (QED) is 0.568. The van der Waals surface area contributed by atoms with Gasteiger partial charge in [0.1, 0.15) is 0 Å². The van der Waals surface area contributed by atoms with Crippen molar-refractivity contribution in [3.05, 3.63) is 68.7 Å². The van der Waals surface area contributed by atoms with E-state index in [4.69, 9.17) is 16.3 Å². The van der Waals surface area contributed by atoms with Crippen LogP contribution in [0.2, 0.25) is 5.02 Å². The molecular formula is C17H14ClF3N2O4. The van der Waals surface area contributed by atoms with Crippen LogP contribution in [0.1, 0.15) is 24.1 Å². The topological polar surface area (TPSA) is 81.5 Å². The number of hydrogen-bond donors (Lipinski definition) is 1. The number of carbonyl (C=O) groups is 1. The molecule has 2 rings (SSSR count). The van der Waals surface area contributed by atoms with Crippen molar-refractivity contribution in [1.82, 2.24) is 5.32 Å². The summed E-state index contributed by atoms with van der Waals surface area (Å²) in [6.07, 6.45) is -4.73. The molecule has 0 heterocycles. The van der Waals surface area contributed by atoms with Crippen LogP contribution in [-0.4, -0.2) is 17.4 Å². The van der Waals surface area contributed by atoms with Crippen molar-refractivity contribution >= 4 is 23.2 Å². The minimum Gasteiger partial charge on any atom is -0.477 e. The van der Waals surface area contributed by atoms with E-state index in [0.29, 0.717) is 17.2 Å². The number of nitrogens with one attached hydrogen (secondary N) is 1. The molecule has 0 saturated carbocycles. The molecule has 6 nitrogen and oxygen atoms in total. The lowest BCUT2D eigenvalue weighted by Crippen LogP contribution is -2.31. The van der Waals surface area contributed by atoms with Crippen LogP contribution in [0.15, 0.2) is 42.5 Å². The molecular weight excluding hydrogens is 389 g/mol. The van der Waals surface area contributed by atoms with Crippen LogP contribution in [0.25, 0.3) is 0 Å². The maximum absolute atomic E-state index is 12.7. The molecule has 0 aliphatic heterocycles. The van der Waals surface area contributed by atoms with Gasteiger partial charge in [0.2, 0.25) is 0 Å². The Morgan fingerprint density at radius 2 is 1.89 bits per heavy atom. The van der Waals surface area contributed by atoms with E-state index in [0.717, 1.165) is 11.6 Å². The molecule has 0 aromatic heterocycles. The Labute approximate surface area is 157 Å². The van der Waals surface area contributed by atoms with Gasteiger partial charge in [-0.15, -0.1) is 0 Å². The molecule has 27 heavy (non-hydrogen) atoms. The fraction of sp³-hybridized carbons (Fsp3) is 0.235. The van der Waals surface area contributed by atoms with Gasteiger partial charge in [0.05, 0.1) is 16.5 Å². The zero-order valence-corrected chi connectivity index (χ0v) is 14.7. The number of ether oxygens (including phenoxy) is 1. The smallest absolute Gasteiger partial charge is 0.416 e. The van der Waals surface area contributed by atoms with Gasteiger partial charge in [0.25, 0.3) is 5.91 Å². The number of carbonyl (C=O) groups excluding carboxylic acids is 1. The van der Waals surface area contributed by atoms with Gasteiger partial charge in [0, 0.05) is 11.1 Å². The lowest BCUT2D eigenvalue weighted by Gasteiger charge is -2.15. The summed E-state index contributed by atoms with van der Waals surface area (Å²) < 4.78 is 43.1. The average Bonchev–Trinajstić information content (AvgIpc) is 2.59. The summed E-state index contributed by atoms with van der Waals surface area (Å²) in [7, 11) is 0. The van der Waals surface area contributed by atoms with E-state index in [1.165, 1.54) is 0 Å². The fourth-order valence-electron chi connectivity index (χ4n) is 2.22. The van der Waals surface area contributed by atoms with Crippen molar-refractivity contribution in [1.29, 1.82) is 0 Å². The number of nitro benzene ring substituents is 1. The summed E-state index contributed by atoms with van der Waals surface area (Å²) in [5.74, 6) is -1.02. The summed E-state index contributed by atoms with van der Waals surface area (Å²) in [6, 6.07) is 8.19. The van der Waals surface area contributed by atoms with Gasteiger partial charge in [0.15, 0.2) is 12.4 Å². The average molecular weight is 403 g/mol. The number of nitro groups is 1. The molecule has 0 aliphatic rings. The number of hydrogen-bond acceptors (Lipinski definition) is 4. The minimum absolute atomic E-state index is 0.365. The summed E-state index contributed by atoms with van der Waals surface area (Å²) in [5, 5.41) is 14.1. The number of amides is 1. The minimum atomic E-state index is -4.73. The van der Waals surface area contributed by atoms with E-state index < -0.39 is 40.6 Å². The van der Waals surface area contributed by atoms with Gasteiger partial charge in [-0.1, -0.05) is 23.7 Å². The highest BCUT2D eigenvalue weighted by atomic mass is 35.5. The summed E-state index contributed by atoms with van der Waals surface area (Å²) in [4.78, 5) is 21.9.